The molecule has 0 bridgehead atoms. The van der Waals surface area contributed by atoms with Gasteiger partial charge in [-0.1, -0.05) is 42.0 Å². The van der Waals surface area contributed by atoms with Crippen LogP contribution in [-0.4, -0.2) is 29.4 Å². The molecule has 0 aliphatic carbocycles. The second-order valence-corrected chi connectivity index (χ2v) is 8.01. The predicted octanol–water partition coefficient (Wildman–Crippen LogP) is 3.05. The van der Waals surface area contributed by atoms with Crippen LogP contribution in [0.3, 0.4) is 0 Å². The number of phenols is 1. The van der Waals surface area contributed by atoms with Gasteiger partial charge in [-0.05, 0) is 48.8 Å². The Morgan fingerprint density at radius 3 is 2.81 bits per heavy atom. The van der Waals surface area contributed by atoms with E-state index in [4.69, 9.17) is 0 Å². The lowest BCUT2D eigenvalue weighted by Gasteiger charge is -2.11. The van der Waals surface area contributed by atoms with Crippen LogP contribution in [0.4, 0.5) is 0 Å². The average molecular weight is 386 g/mol. The van der Waals surface area contributed by atoms with Gasteiger partial charge in [0, 0.05) is 18.3 Å². The summed E-state index contributed by atoms with van der Waals surface area (Å²) >= 11 is 1.90. The summed E-state index contributed by atoms with van der Waals surface area (Å²) in [7, 11) is 0. The van der Waals surface area contributed by atoms with E-state index in [2.05, 4.69) is 47.4 Å². The molecule has 144 valence electrons. The molecule has 0 spiro atoms. The fourth-order valence-electron chi connectivity index (χ4n) is 3.15. The van der Waals surface area contributed by atoms with E-state index in [0.717, 1.165) is 23.5 Å². The zero-order valence-electron chi connectivity index (χ0n) is 15.6. The summed E-state index contributed by atoms with van der Waals surface area (Å²) in [5, 5.41) is 12.4. The lowest BCUT2D eigenvalue weighted by Crippen LogP contribution is -2.43. The molecular weight excluding hydrogens is 358 g/mol. The minimum absolute atomic E-state index is 0.0347. The number of carbonyl (C=O) groups is 1. The number of aryl methyl sites for hydroxylation is 1. The second kappa shape index (κ2) is 9.78. The molecule has 1 saturated heterocycles. The Labute approximate surface area is 164 Å². The van der Waals surface area contributed by atoms with Crippen LogP contribution in [0.5, 0.6) is 5.75 Å². The molecule has 1 amide bonds. The minimum Gasteiger partial charge on any atom is -0.508 e. The van der Waals surface area contributed by atoms with Crippen LogP contribution in [0, 0.1) is 6.92 Å². The largest absolute Gasteiger partial charge is 0.508 e. The predicted molar refractivity (Wildman–Crippen MR) is 110 cm³/mol. The molecule has 5 nitrogen and oxygen atoms in total. The van der Waals surface area contributed by atoms with Crippen LogP contribution in [0.1, 0.15) is 35.6 Å². The SMILES string of the molecule is Cc1cccc(CSCCCNC(=O)C2CC(c3ccc(O)cc3)NN2)c1. The average Bonchev–Trinajstić information content (AvgIpc) is 3.15. The van der Waals surface area contributed by atoms with E-state index >= 15 is 0 Å². The summed E-state index contributed by atoms with van der Waals surface area (Å²) in [4.78, 5) is 12.3. The number of phenolic OH excluding ortho intramolecular Hbond substituents is 1. The highest BCUT2D eigenvalue weighted by Gasteiger charge is 2.29. The third kappa shape index (κ3) is 5.99. The highest BCUT2D eigenvalue weighted by Crippen LogP contribution is 2.23. The molecule has 2 atom stereocenters. The number of hydrogen-bond acceptors (Lipinski definition) is 5. The molecule has 1 fully saturated rings. The van der Waals surface area contributed by atoms with Crippen LogP contribution in [0.15, 0.2) is 48.5 Å². The van der Waals surface area contributed by atoms with Crippen molar-refractivity contribution in [3.8, 4) is 5.75 Å². The van der Waals surface area contributed by atoms with E-state index in [-0.39, 0.29) is 23.7 Å². The highest BCUT2D eigenvalue weighted by molar-refractivity contribution is 7.98. The van der Waals surface area contributed by atoms with Crippen LogP contribution >= 0.6 is 11.8 Å². The van der Waals surface area contributed by atoms with Gasteiger partial charge in [0.15, 0.2) is 0 Å². The van der Waals surface area contributed by atoms with Crippen LogP contribution < -0.4 is 16.2 Å². The Bertz CT molecular complexity index is 751. The first-order chi connectivity index (χ1) is 13.1. The Kier molecular flexibility index (Phi) is 7.15. The van der Waals surface area contributed by atoms with Crippen LogP contribution in [-0.2, 0) is 10.5 Å². The maximum absolute atomic E-state index is 12.3. The Morgan fingerprint density at radius 2 is 2.04 bits per heavy atom. The third-order valence-electron chi connectivity index (χ3n) is 4.63. The minimum atomic E-state index is -0.233. The molecule has 1 aliphatic rings. The monoisotopic (exact) mass is 385 g/mol. The molecule has 0 saturated carbocycles. The van der Waals surface area contributed by atoms with Gasteiger partial charge in [-0.25, -0.2) is 10.9 Å². The van der Waals surface area contributed by atoms with Crippen LogP contribution in [0.2, 0.25) is 0 Å². The smallest absolute Gasteiger partial charge is 0.238 e. The molecule has 2 unspecified atom stereocenters. The van der Waals surface area contributed by atoms with E-state index in [9.17, 15) is 9.90 Å². The molecule has 0 aromatic heterocycles. The van der Waals surface area contributed by atoms with Crippen molar-refractivity contribution < 1.29 is 9.90 Å². The van der Waals surface area contributed by atoms with Crippen LogP contribution in [0.25, 0.3) is 0 Å². The normalized spacial score (nSPS) is 19.1. The molecule has 1 aliphatic heterocycles. The molecular formula is C21H27N3O2S. The highest BCUT2D eigenvalue weighted by atomic mass is 32.2. The fourth-order valence-corrected chi connectivity index (χ4v) is 4.06. The number of aromatic hydroxyl groups is 1. The number of hydrazine groups is 1. The second-order valence-electron chi connectivity index (χ2n) is 6.91. The molecule has 4 N–H and O–H groups in total. The lowest BCUT2D eigenvalue weighted by molar-refractivity contribution is -0.122. The zero-order valence-corrected chi connectivity index (χ0v) is 16.4. The van der Waals surface area contributed by atoms with Crippen molar-refractivity contribution >= 4 is 17.7 Å². The van der Waals surface area contributed by atoms with Gasteiger partial charge in [-0.15, -0.1) is 0 Å². The summed E-state index contributed by atoms with van der Waals surface area (Å²) in [6.45, 7) is 2.81. The summed E-state index contributed by atoms with van der Waals surface area (Å²) in [6.07, 6.45) is 1.66. The van der Waals surface area contributed by atoms with Crippen molar-refractivity contribution in [1.29, 1.82) is 0 Å². The molecule has 3 rings (SSSR count). The van der Waals surface area contributed by atoms with Gasteiger partial charge in [0.1, 0.15) is 11.8 Å². The van der Waals surface area contributed by atoms with Gasteiger partial charge in [0.05, 0.1) is 0 Å². The molecule has 0 radical (unpaired) electrons. The van der Waals surface area contributed by atoms with Gasteiger partial charge >= 0.3 is 0 Å². The number of thioether (sulfide) groups is 1. The van der Waals surface area contributed by atoms with E-state index in [1.165, 1.54) is 11.1 Å². The lowest BCUT2D eigenvalue weighted by atomic mass is 10.0. The van der Waals surface area contributed by atoms with Gasteiger partial charge < -0.3 is 10.4 Å². The maximum Gasteiger partial charge on any atom is 0.238 e. The number of hydrogen-bond donors (Lipinski definition) is 4. The Balaban J connectivity index is 1.31. The van der Waals surface area contributed by atoms with Crippen molar-refractivity contribution in [2.75, 3.05) is 12.3 Å². The van der Waals surface area contributed by atoms with Gasteiger partial charge in [-0.3, -0.25) is 4.79 Å². The zero-order chi connectivity index (χ0) is 19.1. The van der Waals surface area contributed by atoms with Crippen molar-refractivity contribution in [1.82, 2.24) is 16.2 Å². The van der Waals surface area contributed by atoms with Crippen molar-refractivity contribution in [2.24, 2.45) is 0 Å². The van der Waals surface area contributed by atoms with E-state index in [0.29, 0.717) is 13.0 Å². The van der Waals surface area contributed by atoms with Gasteiger partial charge in [0.25, 0.3) is 0 Å². The maximum atomic E-state index is 12.3. The molecule has 27 heavy (non-hydrogen) atoms. The summed E-state index contributed by atoms with van der Waals surface area (Å²) < 4.78 is 0. The van der Waals surface area contributed by atoms with E-state index < -0.39 is 0 Å². The fraction of sp³-hybridized carbons (Fsp3) is 0.381. The van der Waals surface area contributed by atoms with E-state index in [1.54, 1.807) is 12.1 Å². The van der Waals surface area contributed by atoms with E-state index in [1.807, 2.05) is 23.9 Å². The van der Waals surface area contributed by atoms with Crippen molar-refractivity contribution in [3.63, 3.8) is 0 Å². The number of rotatable bonds is 8. The van der Waals surface area contributed by atoms with Crippen molar-refractivity contribution in [3.05, 3.63) is 65.2 Å². The summed E-state index contributed by atoms with van der Waals surface area (Å²) in [6, 6.07) is 15.5. The first kappa shape index (κ1) is 19.7. The number of carbonyl (C=O) groups excluding carboxylic acids is 1. The number of benzene rings is 2. The quantitative estimate of drug-likeness (QED) is 0.526. The first-order valence-corrected chi connectivity index (χ1v) is 10.5. The summed E-state index contributed by atoms with van der Waals surface area (Å²) in [5.41, 5.74) is 9.93. The topological polar surface area (TPSA) is 73.4 Å². The van der Waals surface area contributed by atoms with Crippen molar-refractivity contribution in [2.45, 2.75) is 37.6 Å². The molecule has 1 heterocycles. The summed E-state index contributed by atoms with van der Waals surface area (Å²) in [5.74, 6) is 2.32. The number of nitrogens with one attached hydrogen (secondary N) is 3. The Morgan fingerprint density at radius 1 is 1.22 bits per heavy atom. The Hall–Kier alpha value is -2.02. The molecule has 6 heteroatoms. The van der Waals surface area contributed by atoms with Gasteiger partial charge in [-0.2, -0.15) is 11.8 Å². The van der Waals surface area contributed by atoms with Gasteiger partial charge in [0.2, 0.25) is 5.91 Å². The number of amides is 1. The standard InChI is InChI=1S/C21H27N3O2S/c1-15-4-2-5-16(12-15)14-27-11-3-10-22-21(26)20-13-19(23-24-20)17-6-8-18(25)9-7-17/h2,4-9,12,19-20,23-25H,3,10-11,13-14H2,1H3,(H,22,26). The third-order valence-corrected chi connectivity index (χ3v) is 5.75. The first-order valence-electron chi connectivity index (χ1n) is 9.33. The molecule has 2 aromatic carbocycles. The molecule has 2 aromatic rings.